The largest absolute Gasteiger partial charge is 0.372 e. The molecule has 4 nitrogen and oxygen atoms in total. The van der Waals surface area contributed by atoms with Gasteiger partial charge in [-0.3, -0.25) is 4.68 Å². The molecule has 1 aliphatic heterocycles. The van der Waals surface area contributed by atoms with Gasteiger partial charge in [-0.2, -0.15) is 10.4 Å². The summed E-state index contributed by atoms with van der Waals surface area (Å²) in [7, 11) is 0. The van der Waals surface area contributed by atoms with Crippen molar-refractivity contribution in [1.82, 2.24) is 9.78 Å². The van der Waals surface area contributed by atoms with Crippen LogP contribution in [0.3, 0.4) is 0 Å². The monoisotopic (exact) mass is 205 g/mol. The van der Waals surface area contributed by atoms with Crippen molar-refractivity contribution in [2.75, 3.05) is 6.61 Å². The van der Waals surface area contributed by atoms with Crippen LogP contribution in [0.1, 0.15) is 31.4 Å². The number of aryl methyl sites for hydroxylation is 1. The first-order chi connectivity index (χ1) is 7.35. The van der Waals surface area contributed by atoms with E-state index in [1.165, 1.54) is 0 Å². The number of ether oxygens (including phenoxy) is 1. The Labute approximate surface area is 89.5 Å². The molecule has 0 aromatic carbocycles. The van der Waals surface area contributed by atoms with Crippen molar-refractivity contribution in [3.63, 3.8) is 0 Å². The molecule has 0 radical (unpaired) electrons. The average molecular weight is 205 g/mol. The average Bonchev–Trinajstić information content (AvgIpc) is 2.77. The summed E-state index contributed by atoms with van der Waals surface area (Å²) in [6.07, 6.45) is 5.61. The molecule has 0 amide bonds. The molecule has 1 aromatic rings. The van der Waals surface area contributed by atoms with E-state index in [0.29, 0.717) is 0 Å². The third-order valence-corrected chi connectivity index (χ3v) is 2.79. The fourth-order valence-electron chi connectivity index (χ4n) is 1.94. The molecule has 15 heavy (non-hydrogen) atoms. The van der Waals surface area contributed by atoms with E-state index in [0.717, 1.165) is 31.6 Å². The lowest BCUT2D eigenvalue weighted by Gasteiger charge is -2.26. The third kappa shape index (κ3) is 2.02. The normalized spacial score (nSPS) is 26.1. The van der Waals surface area contributed by atoms with E-state index in [4.69, 9.17) is 10.00 Å². The van der Waals surface area contributed by atoms with Gasteiger partial charge in [-0.05, 0) is 19.8 Å². The van der Waals surface area contributed by atoms with Gasteiger partial charge < -0.3 is 4.74 Å². The van der Waals surface area contributed by atoms with Gasteiger partial charge in [0, 0.05) is 24.9 Å². The Morgan fingerprint density at radius 1 is 1.73 bits per heavy atom. The molecule has 0 spiro atoms. The Bertz CT molecular complexity index is 366. The molecule has 0 bridgehead atoms. The van der Waals surface area contributed by atoms with Gasteiger partial charge in [0.25, 0.3) is 0 Å². The highest BCUT2D eigenvalue weighted by molar-refractivity contribution is 5.13. The molecule has 4 heteroatoms. The van der Waals surface area contributed by atoms with Crippen LogP contribution in [0.2, 0.25) is 0 Å². The van der Waals surface area contributed by atoms with Crippen LogP contribution in [-0.2, 0) is 11.3 Å². The van der Waals surface area contributed by atoms with Crippen LogP contribution in [0.15, 0.2) is 12.4 Å². The zero-order valence-electron chi connectivity index (χ0n) is 8.89. The van der Waals surface area contributed by atoms with Crippen molar-refractivity contribution >= 4 is 0 Å². The Morgan fingerprint density at radius 3 is 3.27 bits per heavy atom. The van der Waals surface area contributed by atoms with Gasteiger partial charge in [-0.1, -0.05) is 0 Å². The molecular formula is C11H15N3O. The fourth-order valence-corrected chi connectivity index (χ4v) is 1.94. The van der Waals surface area contributed by atoms with E-state index in [-0.39, 0.29) is 12.0 Å². The Hall–Kier alpha value is -1.34. The molecule has 1 aliphatic rings. The minimum Gasteiger partial charge on any atom is -0.372 e. The zero-order valence-corrected chi connectivity index (χ0v) is 8.89. The SMILES string of the molecule is CCn1cc(C2OCCCC2C#N)cn1. The lowest BCUT2D eigenvalue weighted by molar-refractivity contribution is -0.0102. The highest BCUT2D eigenvalue weighted by atomic mass is 16.5. The van der Waals surface area contributed by atoms with Crippen molar-refractivity contribution in [2.24, 2.45) is 5.92 Å². The van der Waals surface area contributed by atoms with Gasteiger partial charge in [0.05, 0.1) is 18.2 Å². The van der Waals surface area contributed by atoms with Crippen LogP contribution in [0.4, 0.5) is 0 Å². The summed E-state index contributed by atoms with van der Waals surface area (Å²) in [5.41, 5.74) is 1.03. The van der Waals surface area contributed by atoms with E-state index in [2.05, 4.69) is 11.2 Å². The summed E-state index contributed by atoms with van der Waals surface area (Å²) in [6, 6.07) is 2.32. The van der Waals surface area contributed by atoms with E-state index < -0.39 is 0 Å². The van der Waals surface area contributed by atoms with Crippen LogP contribution in [0.5, 0.6) is 0 Å². The number of nitrogens with zero attached hydrogens (tertiary/aromatic N) is 3. The molecule has 2 heterocycles. The topological polar surface area (TPSA) is 50.8 Å². The molecule has 0 aliphatic carbocycles. The summed E-state index contributed by atoms with van der Waals surface area (Å²) in [4.78, 5) is 0. The standard InChI is InChI=1S/C11H15N3O/c1-2-14-8-10(7-13-14)11-9(6-12)4-3-5-15-11/h7-9,11H,2-5H2,1H3. The van der Waals surface area contributed by atoms with Crippen LogP contribution in [0.25, 0.3) is 0 Å². The molecule has 0 saturated carbocycles. The minimum atomic E-state index is -0.0796. The van der Waals surface area contributed by atoms with Gasteiger partial charge in [0.1, 0.15) is 6.10 Å². The van der Waals surface area contributed by atoms with Crippen molar-refractivity contribution < 1.29 is 4.74 Å². The third-order valence-electron chi connectivity index (χ3n) is 2.79. The second kappa shape index (κ2) is 4.45. The number of aromatic nitrogens is 2. The van der Waals surface area contributed by atoms with Gasteiger partial charge in [-0.15, -0.1) is 0 Å². The molecule has 1 saturated heterocycles. The van der Waals surface area contributed by atoms with Gasteiger partial charge in [-0.25, -0.2) is 0 Å². The lowest BCUT2D eigenvalue weighted by atomic mass is 9.92. The van der Waals surface area contributed by atoms with E-state index >= 15 is 0 Å². The summed E-state index contributed by atoms with van der Waals surface area (Å²) in [5, 5.41) is 13.2. The van der Waals surface area contributed by atoms with Crippen molar-refractivity contribution in [1.29, 1.82) is 5.26 Å². The van der Waals surface area contributed by atoms with Gasteiger partial charge in [0.2, 0.25) is 0 Å². The lowest BCUT2D eigenvalue weighted by Crippen LogP contribution is -2.20. The first kappa shape index (κ1) is 10.2. The maximum Gasteiger partial charge on any atom is 0.101 e. The highest BCUT2D eigenvalue weighted by Crippen LogP contribution is 2.32. The fraction of sp³-hybridized carbons (Fsp3) is 0.636. The highest BCUT2D eigenvalue weighted by Gasteiger charge is 2.28. The van der Waals surface area contributed by atoms with Crippen LogP contribution < -0.4 is 0 Å². The van der Waals surface area contributed by atoms with Crippen LogP contribution in [0, 0.1) is 17.2 Å². The molecule has 2 rings (SSSR count). The summed E-state index contributed by atoms with van der Waals surface area (Å²) < 4.78 is 7.51. The van der Waals surface area contributed by atoms with Crippen LogP contribution in [-0.4, -0.2) is 16.4 Å². The van der Waals surface area contributed by atoms with Gasteiger partial charge in [0.15, 0.2) is 0 Å². The summed E-state index contributed by atoms with van der Waals surface area (Å²) in [5.74, 6) is -0.0201. The second-order valence-electron chi connectivity index (χ2n) is 3.80. The van der Waals surface area contributed by atoms with E-state index in [9.17, 15) is 0 Å². The molecular weight excluding hydrogens is 190 g/mol. The van der Waals surface area contributed by atoms with Crippen LogP contribution >= 0.6 is 0 Å². The molecule has 80 valence electrons. The molecule has 0 N–H and O–H groups in total. The number of hydrogen-bond donors (Lipinski definition) is 0. The molecule has 1 aromatic heterocycles. The van der Waals surface area contributed by atoms with Crippen molar-refractivity contribution in [3.05, 3.63) is 18.0 Å². The van der Waals surface area contributed by atoms with Crippen molar-refractivity contribution in [3.8, 4) is 6.07 Å². The second-order valence-corrected chi connectivity index (χ2v) is 3.80. The Kier molecular flexibility index (Phi) is 3.02. The van der Waals surface area contributed by atoms with Gasteiger partial charge >= 0.3 is 0 Å². The van der Waals surface area contributed by atoms with Crippen molar-refractivity contribution in [2.45, 2.75) is 32.4 Å². The zero-order chi connectivity index (χ0) is 10.7. The smallest absolute Gasteiger partial charge is 0.101 e. The molecule has 2 atom stereocenters. The number of hydrogen-bond acceptors (Lipinski definition) is 3. The molecule has 1 fully saturated rings. The quantitative estimate of drug-likeness (QED) is 0.740. The maximum atomic E-state index is 9.03. The number of nitriles is 1. The Morgan fingerprint density at radius 2 is 2.60 bits per heavy atom. The first-order valence-corrected chi connectivity index (χ1v) is 5.38. The summed E-state index contributed by atoms with van der Waals surface area (Å²) >= 11 is 0. The predicted molar refractivity (Wildman–Crippen MR) is 54.9 cm³/mol. The van der Waals surface area contributed by atoms with E-state index in [1.54, 1.807) is 0 Å². The molecule has 2 unspecified atom stereocenters. The summed E-state index contributed by atoms with van der Waals surface area (Å²) in [6.45, 7) is 3.64. The minimum absolute atomic E-state index is 0.0201. The first-order valence-electron chi connectivity index (χ1n) is 5.38. The Balaban J connectivity index is 2.17. The predicted octanol–water partition coefficient (Wildman–Crippen LogP) is 1.89. The maximum absolute atomic E-state index is 9.03. The van der Waals surface area contributed by atoms with E-state index in [1.807, 2.05) is 24.0 Å². The number of rotatable bonds is 2.